The van der Waals surface area contributed by atoms with Crippen molar-refractivity contribution >= 4 is 21.8 Å². The number of carbonyl (C=O) groups is 1. The molecule has 1 fully saturated rings. The number of hydrogen-bond acceptors (Lipinski definition) is 4. The molecule has 1 saturated heterocycles. The van der Waals surface area contributed by atoms with Gasteiger partial charge in [-0.3, -0.25) is 4.90 Å². The molecule has 2 heterocycles. The standard InChI is InChI=1S/C20H20F2N2O4S/c1-13-2-4-18-14(10-13)12-28-20(25)24(18)16-6-8-23(9-7-16)29(26,27)19-5-3-15(21)11-17(19)22/h2-5,10-11,16H,6-9,12H2,1H3. The molecule has 29 heavy (non-hydrogen) atoms. The Labute approximate surface area is 167 Å². The van der Waals surface area contributed by atoms with Crippen molar-refractivity contribution in [3.8, 4) is 0 Å². The summed E-state index contributed by atoms with van der Waals surface area (Å²) in [7, 11) is -4.09. The monoisotopic (exact) mass is 422 g/mol. The molecule has 0 spiro atoms. The van der Waals surface area contributed by atoms with Gasteiger partial charge in [-0.2, -0.15) is 4.31 Å². The number of cyclic esters (lactones) is 1. The average Bonchev–Trinajstić information content (AvgIpc) is 2.68. The molecule has 4 rings (SSSR count). The Hall–Kier alpha value is -2.52. The molecule has 0 aromatic heterocycles. The second kappa shape index (κ2) is 7.38. The number of sulfonamides is 1. The minimum Gasteiger partial charge on any atom is -0.444 e. The minimum absolute atomic E-state index is 0.120. The Morgan fingerprint density at radius 3 is 2.48 bits per heavy atom. The Bertz CT molecular complexity index is 1070. The van der Waals surface area contributed by atoms with Crippen molar-refractivity contribution in [2.75, 3.05) is 18.0 Å². The maximum absolute atomic E-state index is 14.0. The molecule has 0 aliphatic carbocycles. The smallest absolute Gasteiger partial charge is 0.414 e. The van der Waals surface area contributed by atoms with E-state index in [1.807, 2.05) is 25.1 Å². The Morgan fingerprint density at radius 2 is 1.79 bits per heavy atom. The molecule has 9 heteroatoms. The third-order valence-corrected chi connectivity index (χ3v) is 7.27. The first kappa shape index (κ1) is 19.8. The fourth-order valence-corrected chi connectivity index (χ4v) is 5.40. The molecule has 0 bridgehead atoms. The van der Waals surface area contributed by atoms with Crippen LogP contribution in [0.5, 0.6) is 0 Å². The Kier molecular flexibility index (Phi) is 5.04. The predicted octanol–water partition coefficient (Wildman–Crippen LogP) is 3.58. The van der Waals surface area contributed by atoms with Crippen LogP contribution in [0.1, 0.15) is 24.0 Å². The zero-order valence-electron chi connectivity index (χ0n) is 15.8. The third kappa shape index (κ3) is 3.60. The van der Waals surface area contributed by atoms with Crippen LogP contribution < -0.4 is 4.90 Å². The van der Waals surface area contributed by atoms with E-state index in [2.05, 4.69) is 0 Å². The first-order chi connectivity index (χ1) is 13.8. The number of nitrogens with zero attached hydrogens (tertiary/aromatic N) is 2. The van der Waals surface area contributed by atoms with Gasteiger partial charge in [0.2, 0.25) is 10.0 Å². The summed E-state index contributed by atoms with van der Waals surface area (Å²) >= 11 is 0. The first-order valence-electron chi connectivity index (χ1n) is 9.28. The van der Waals surface area contributed by atoms with Gasteiger partial charge in [-0.15, -0.1) is 0 Å². The van der Waals surface area contributed by atoms with Gasteiger partial charge in [0, 0.05) is 30.8 Å². The zero-order chi connectivity index (χ0) is 20.8. The van der Waals surface area contributed by atoms with Gasteiger partial charge in [-0.05, 0) is 38.0 Å². The highest BCUT2D eigenvalue weighted by atomic mass is 32.2. The van der Waals surface area contributed by atoms with Gasteiger partial charge >= 0.3 is 6.09 Å². The summed E-state index contributed by atoms with van der Waals surface area (Å²) in [4.78, 5) is 13.4. The normalized spacial score (nSPS) is 18.4. The van der Waals surface area contributed by atoms with E-state index in [0.717, 1.165) is 28.9 Å². The maximum atomic E-state index is 14.0. The molecule has 0 unspecified atom stereocenters. The van der Waals surface area contributed by atoms with Crippen LogP contribution in [0.4, 0.5) is 19.3 Å². The summed E-state index contributed by atoms with van der Waals surface area (Å²) in [6.07, 6.45) is 0.307. The van der Waals surface area contributed by atoms with E-state index in [1.54, 1.807) is 4.90 Å². The summed E-state index contributed by atoms with van der Waals surface area (Å²) in [5.41, 5.74) is 2.75. The Morgan fingerprint density at radius 1 is 1.07 bits per heavy atom. The lowest BCUT2D eigenvalue weighted by molar-refractivity contribution is 0.135. The largest absolute Gasteiger partial charge is 0.444 e. The van der Waals surface area contributed by atoms with Crippen LogP contribution in [0, 0.1) is 18.6 Å². The molecule has 6 nitrogen and oxygen atoms in total. The molecular formula is C20H20F2N2O4S. The van der Waals surface area contributed by atoms with E-state index in [0.29, 0.717) is 18.9 Å². The molecule has 0 N–H and O–H groups in total. The maximum Gasteiger partial charge on any atom is 0.414 e. The van der Waals surface area contributed by atoms with Gasteiger partial charge in [0.05, 0.1) is 5.69 Å². The molecule has 0 radical (unpaired) electrons. The number of ether oxygens (including phenoxy) is 1. The van der Waals surface area contributed by atoms with Crippen LogP contribution in [-0.2, 0) is 21.4 Å². The zero-order valence-corrected chi connectivity index (χ0v) is 16.6. The number of amides is 1. The highest BCUT2D eigenvalue weighted by molar-refractivity contribution is 7.89. The van der Waals surface area contributed by atoms with Crippen LogP contribution >= 0.6 is 0 Å². The fraction of sp³-hybridized carbons (Fsp3) is 0.350. The Balaban J connectivity index is 1.53. The highest BCUT2D eigenvalue weighted by Gasteiger charge is 2.37. The van der Waals surface area contributed by atoms with Crippen molar-refractivity contribution in [2.24, 2.45) is 0 Å². The highest BCUT2D eigenvalue weighted by Crippen LogP contribution is 2.33. The van der Waals surface area contributed by atoms with Crippen molar-refractivity contribution in [2.45, 2.75) is 37.3 Å². The third-order valence-electron chi connectivity index (χ3n) is 5.34. The summed E-state index contributed by atoms with van der Waals surface area (Å²) in [5, 5.41) is 0. The van der Waals surface area contributed by atoms with Gasteiger partial charge in [0.25, 0.3) is 0 Å². The summed E-state index contributed by atoms with van der Waals surface area (Å²) < 4.78 is 59.1. The second-order valence-corrected chi connectivity index (χ2v) is 9.17. The molecule has 0 saturated carbocycles. The number of anilines is 1. The van der Waals surface area contributed by atoms with Crippen LogP contribution in [-0.4, -0.2) is 37.9 Å². The quantitative estimate of drug-likeness (QED) is 0.758. The van der Waals surface area contributed by atoms with Crippen LogP contribution in [0.2, 0.25) is 0 Å². The number of benzene rings is 2. The van der Waals surface area contributed by atoms with Crippen molar-refractivity contribution < 1.29 is 26.7 Å². The van der Waals surface area contributed by atoms with E-state index < -0.39 is 32.6 Å². The fourth-order valence-electron chi connectivity index (χ4n) is 3.88. The number of carbonyl (C=O) groups excluding carboxylic acids is 1. The molecule has 2 aliphatic heterocycles. The van der Waals surface area contributed by atoms with Crippen molar-refractivity contribution in [3.05, 3.63) is 59.2 Å². The summed E-state index contributed by atoms with van der Waals surface area (Å²) in [5.74, 6) is -1.95. The van der Waals surface area contributed by atoms with Gasteiger partial charge in [-0.25, -0.2) is 22.0 Å². The van der Waals surface area contributed by atoms with Crippen molar-refractivity contribution in [1.29, 1.82) is 0 Å². The predicted molar refractivity (Wildman–Crippen MR) is 102 cm³/mol. The number of piperidine rings is 1. The average molecular weight is 422 g/mol. The molecule has 1 amide bonds. The molecule has 2 aromatic rings. The molecule has 0 atom stereocenters. The number of aryl methyl sites for hydroxylation is 1. The minimum atomic E-state index is -4.09. The number of fused-ring (bicyclic) bond motifs is 1. The van der Waals surface area contributed by atoms with Gasteiger partial charge in [0.15, 0.2) is 0 Å². The molecule has 2 aromatic carbocycles. The van der Waals surface area contributed by atoms with Gasteiger partial charge in [-0.1, -0.05) is 17.7 Å². The number of halogens is 2. The van der Waals surface area contributed by atoms with E-state index >= 15 is 0 Å². The molecular weight excluding hydrogens is 402 g/mol. The molecule has 2 aliphatic rings. The van der Waals surface area contributed by atoms with Gasteiger partial charge < -0.3 is 4.74 Å². The van der Waals surface area contributed by atoms with Gasteiger partial charge in [0.1, 0.15) is 23.1 Å². The first-order valence-corrected chi connectivity index (χ1v) is 10.7. The molecule has 154 valence electrons. The van der Waals surface area contributed by atoms with E-state index in [-0.39, 0.29) is 25.7 Å². The summed E-state index contributed by atoms with van der Waals surface area (Å²) in [6.45, 7) is 2.41. The number of hydrogen-bond donors (Lipinski definition) is 0. The lowest BCUT2D eigenvalue weighted by Gasteiger charge is -2.39. The van der Waals surface area contributed by atoms with Crippen molar-refractivity contribution in [3.63, 3.8) is 0 Å². The van der Waals surface area contributed by atoms with Crippen LogP contribution in [0.3, 0.4) is 0 Å². The van der Waals surface area contributed by atoms with Crippen LogP contribution in [0.15, 0.2) is 41.3 Å². The summed E-state index contributed by atoms with van der Waals surface area (Å²) in [6, 6.07) is 7.95. The lowest BCUT2D eigenvalue weighted by atomic mass is 10.0. The van der Waals surface area contributed by atoms with Crippen molar-refractivity contribution in [1.82, 2.24) is 4.31 Å². The lowest BCUT2D eigenvalue weighted by Crippen LogP contribution is -2.50. The van der Waals surface area contributed by atoms with E-state index in [9.17, 15) is 22.0 Å². The SMILES string of the molecule is Cc1ccc2c(c1)COC(=O)N2C1CCN(S(=O)(=O)c2ccc(F)cc2F)CC1. The second-order valence-electron chi connectivity index (χ2n) is 7.27. The van der Waals surface area contributed by atoms with Crippen LogP contribution in [0.25, 0.3) is 0 Å². The topological polar surface area (TPSA) is 66.9 Å². The number of rotatable bonds is 3. The van der Waals surface area contributed by atoms with E-state index in [1.165, 1.54) is 4.31 Å². The van der Waals surface area contributed by atoms with E-state index in [4.69, 9.17) is 4.74 Å².